The molecular weight excluding hydrogens is 480 g/mol. The standard InChI is InChI=1S/C32H32O6/c1-33-26-6-4-5-22(17-26)7-8-24-11-14-27(34-2)31(19-24)38-32-20-25(12-15-28(32)35-3)10-9-23-13-16-29-30(18-23)37-21-36-29/h4-6,11-20H,7-10,21H2,1-3H3. The van der Waals surface area contributed by atoms with Gasteiger partial charge in [0.15, 0.2) is 34.5 Å². The fraction of sp³-hybridized carbons (Fsp3) is 0.250. The summed E-state index contributed by atoms with van der Waals surface area (Å²) in [7, 11) is 4.99. The van der Waals surface area contributed by atoms with Crippen LogP contribution >= 0.6 is 0 Å². The maximum atomic E-state index is 6.40. The smallest absolute Gasteiger partial charge is 0.231 e. The average molecular weight is 513 g/mol. The molecule has 1 aliphatic heterocycles. The lowest BCUT2D eigenvalue weighted by molar-refractivity contribution is 0.174. The quantitative estimate of drug-likeness (QED) is 0.220. The number of hydrogen-bond acceptors (Lipinski definition) is 6. The lowest BCUT2D eigenvalue weighted by atomic mass is 10.0. The van der Waals surface area contributed by atoms with Crippen molar-refractivity contribution in [3.63, 3.8) is 0 Å². The first-order valence-electron chi connectivity index (χ1n) is 12.7. The molecule has 6 heteroatoms. The van der Waals surface area contributed by atoms with Gasteiger partial charge >= 0.3 is 0 Å². The van der Waals surface area contributed by atoms with Gasteiger partial charge in [0.05, 0.1) is 21.3 Å². The van der Waals surface area contributed by atoms with Crippen LogP contribution in [0.15, 0.2) is 78.9 Å². The summed E-state index contributed by atoms with van der Waals surface area (Å²) in [6.45, 7) is 0.281. The average Bonchev–Trinajstić information content (AvgIpc) is 3.43. The van der Waals surface area contributed by atoms with Gasteiger partial charge in [-0.05, 0) is 96.5 Å². The molecule has 0 aliphatic carbocycles. The lowest BCUT2D eigenvalue weighted by Crippen LogP contribution is -1.98. The molecule has 0 atom stereocenters. The van der Waals surface area contributed by atoms with Gasteiger partial charge in [0.2, 0.25) is 6.79 Å². The molecular formula is C32H32O6. The van der Waals surface area contributed by atoms with Crippen LogP contribution in [0.2, 0.25) is 0 Å². The highest BCUT2D eigenvalue weighted by Gasteiger charge is 2.15. The van der Waals surface area contributed by atoms with Crippen LogP contribution in [0.1, 0.15) is 22.3 Å². The maximum Gasteiger partial charge on any atom is 0.231 e. The second kappa shape index (κ2) is 11.8. The van der Waals surface area contributed by atoms with Crippen LogP contribution in [0.5, 0.6) is 40.2 Å². The van der Waals surface area contributed by atoms with E-state index in [0.29, 0.717) is 23.0 Å². The first-order valence-corrected chi connectivity index (χ1v) is 12.7. The van der Waals surface area contributed by atoms with Crippen molar-refractivity contribution < 1.29 is 28.4 Å². The predicted molar refractivity (Wildman–Crippen MR) is 146 cm³/mol. The van der Waals surface area contributed by atoms with E-state index in [-0.39, 0.29) is 6.79 Å². The highest BCUT2D eigenvalue weighted by molar-refractivity contribution is 5.51. The van der Waals surface area contributed by atoms with Gasteiger partial charge in [-0.3, -0.25) is 0 Å². The molecule has 0 saturated heterocycles. The molecule has 0 spiro atoms. The van der Waals surface area contributed by atoms with E-state index in [1.54, 1.807) is 21.3 Å². The van der Waals surface area contributed by atoms with E-state index in [1.165, 1.54) is 11.1 Å². The molecule has 4 aromatic carbocycles. The first-order chi connectivity index (χ1) is 18.6. The highest BCUT2D eigenvalue weighted by Crippen LogP contribution is 2.38. The largest absolute Gasteiger partial charge is 0.497 e. The minimum absolute atomic E-state index is 0.281. The van der Waals surface area contributed by atoms with Crippen molar-refractivity contribution in [1.29, 1.82) is 0 Å². The Kier molecular flexibility index (Phi) is 7.88. The summed E-state index contributed by atoms with van der Waals surface area (Å²) >= 11 is 0. The number of fused-ring (bicyclic) bond motifs is 1. The van der Waals surface area contributed by atoms with Crippen LogP contribution < -0.4 is 28.4 Å². The van der Waals surface area contributed by atoms with Crippen LogP contribution in [0.25, 0.3) is 0 Å². The zero-order valence-electron chi connectivity index (χ0n) is 22.0. The Morgan fingerprint density at radius 3 is 1.68 bits per heavy atom. The van der Waals surface area contributed by atoms with Gasteiger partial charge in [0, 0.05) is 0 Å². The van der Waals surface area contributed by atoms with E-state index in [4.69, 9.17) is 28.4 Å². The molecule has 0 N–H and O–H groups in total. The zero-order valence-corrected chi connectivity index (χ0v) is 22.0. The van der Waals surface area contributed by atoms with Gasteiger partial charge in [0.1, 0.15) is 5.75 Å². The van der Waals surface area contributed by atoms with E-state index in [2.05, 4.69) is 30.3 Å². The Bertz CT molecular complexity index is 1400. The monoisotopic (exact) mass is 512 g/mol. The summed E-state index contributed by atoms with van der Waals surface area (Å²) in [5, 5.41) is 0. The van der Waals surface area contributed by atoms with E-state index >= 15 is 0 Å². The third-order valence-corrected chi connectivity index (χ3v) is 6.65. The van der Waals surface area contributed by atoms with Crippen LogP contribution in [-0.2, 0) is 25.7 Å². The number of hydrogen-bond donors (Lipinski definition) is 0. The zero-order chi connectivity index (χ0) is 26.3. The Labute approximate surface area is 223 Å². The molecule has 1 aliphatic rings. The van der Waals surface area contributed by atoms with E-state index in [0.717, 1.165) is 54.1 Å². The molecule has 0 saturated carbocycles. The summed E-state index contributed by atoms with van der Waals surface area (Å²) < 4.78 is 33.9. The van der Waals surface area contributed by atoms with Crippen molar-refractivity contribution in [2.75, 3.05) is 28.1 Å². The third kappa shape index (κ3) is 5.97. The van der Waals surface area contributed by atoms with Gasteiger partial charge in [-0.25, -0.2) is 0 Å². The van der Waals surface area contributed by atoms with Crippen molar-refractivity contribution in [3.8, 4) is 40.2 Å². The molecule has 0 bridgehead atoms. The molecule has 196 valence electrons. The van der Waals surface area contributed by atoms with Gasteiger partial charge in [-0.15, -0.1) is 0 Å². The minimum atomic E-state index is 0.281. The topological polar surface area (TPSA) is 55.4 Å². The van der Waals surface area contributed by atoms with Gasteiger partial charge in [0.25, 0.3) is 0 Å². The van der Waals surface area contributed by atoms with Crippen LogP contribution in [0.4, 0.5) is 0 Å². The molecule has 5 rings (SSSR count). The maximum absolute atomic E-state index is 6.40. The number of ether oxygens (including phenoxy) is 6. The normalized spacial score (nSPS) is 11.8. The summed E-state index contributed by atoms with van der Waals surface area (Å²) in [5.41, 5.74) is 4.71. The Hall–Kier alpha value is -4.32. The summed E-state index contributed by atoms with van der Waals surface area (Å²) in [6.07, 6.45) is 3.46. The Morgan fingerprint density at radius 2 is 1.08 bits per heavy atom. The van der Waals surface area contributed by atoms with Crippen LogP contribution in [0.3, 0.4) is 0 Å². The van der Waals surface area contributed by atoms with Crippen LogP contribution in [-0.4, -0.2) is 28.1 Å². The number of methoxy groups -OCH3 is 3. The molecule has 0 unspecified atom stereocenters. The highest BCUT2D eigenvalue weighted by atomic mass is 16.7. The second-order valence-electron chi connectivity index (χ2n) is 9.11. The van der Waals surface area contributed by atoms with Gasteiger partial charge in [-0.2, -0.15) is 0 Å². The SMILES string of the molecule is COc1cccc(CCc2ccc(OC)c(Oc3cc(CCc4ccc5c(c4)OCO5)ccc3OC)c2)c1. The summed E-state index contributed by atoms with van der Waals surface area (Å²) in [6, 6.07) is 26.4. The van der Waals surface area contributed by atoms with Crippen molar-refractivity contribution in [2.45, 2.75) is 25.7 Å². The molecule has 0 aromatic heterocycles. The van der Waals surface area contributed by atoms with Crippen LogP contribution in [0, 0.1) is 0 Å². The number of rotatable bonds is 11. The molecule has 0 fully saturated rings. The number of aryl methyl sites for hydroxylation is 4. The molecule has 6 nitrogen and oxygen atoms in total. The number of benzene rings is 4. The molecule has 1 heterocycles. The van der Waals surface area contributed by atoms with Gasteiger partial charge in [-0.1, -0.05) is 30.3 Å². The van der Waals surface area contributed by atoms with Crippen molar-refractivity contribution in [2.24, 2.45) is 0 Å². The molecule has 38 heavy (non-hydrogen) atoms. The summed E-state index contributed by atoms with van der Waals surface area (Å²) in [5.74, 6) is 5.12. The van der Waals surface area contributed by atoms with Crippen molar-refractivity contribution in [3.05, 3.63) is 101 Å². The van der Waals surface area contributed by atoms with E-state index in [1.807, 2.05) is 48.5 Å². The third-order valence-electron chi connectivity index (χ3n) is 6.65. The molecule has 0 radical (unpaired) electrons. The van der Waals surface area contributed by atoms with Crippen molar-refractivity contribution >= 4 is 0 Å². The second-order valence-corrected chi connectivity index (χ2v) is 9.11. The first kappa shape index (κ1) is 25.3. The fourth-order valence-corrected chi connectivity index (χ4v) is 4.53. The predicted octanol–water partition coefficient (Wildman–Crippen LogP) is 6.80. The van der Waals surface area contributed by atoms with E-state index < -0.39 is 0 Å². The Balaban J connectivity index is 1.31. The van der Waals surface area contributed by atoms with Crippen molar-refractivity contribution in [1.82, 2.24) is 0 Å². The Morgan fingerprint density at radius 1 is 0.526 bits per heavy atom. The van der Waals surface area contributed by atoms with E-state index in [9.17, 15) is 0 Å². The fourth-order valence-electron chi connectivity index (χ4n) is 4.53. The lowest BCUT2D eigenvalue weighted by Gasteiger charge is -2.15. The van der Waals surface area contributed by atoms with Gasteiger partial charge < -0.3 is 28.4 Å². The molecule has 0 amide bonds. The summed E-state index contributed by atoms with van der Waals surface area (Å²) in [4.78, 5) is 0. The minimum Gasteiger partial charge on any atom is -0.497 e. The molecule has 4 aromatic rings.